The number of nitrogens with zero attached hydrogens (tertiary/aromatic N) is 4. The number of hydrogen-bond donors (Lipinski definition) is 0. The molecule has 2 aliphatic rings. The minimum Gasteiger partial charge on any atom is -0.335 e. The Balaban J connectivity index is 1.75. The lowest BCUT2D eigenvalue weighted by molar-refractivity contribution is -0.135. The third-order valence-electron chi connectivity index (χ3n) is 6.05. The molecule has 0 saturated carbocycles. The van der Waals surface area contributed by atoms with E-state index in [1.807, 2.05) is 24.3 Å². The van der Waals surface area contributed by atoms with Crippen LogP contribution in [0.4, 0.5) is 0 Å². The number of carbonyl (C=O) groups is 1. The van der Waals surface area contributed by atoms with Gasteiger partial charge in [0.1, 0.15) is 6.04 Å². The first-order valence-corrected chi connectivity index (χ1v) is 11.7. The Labute approximate surface area is 182 Å². The van der Waals surface area contributed by atoms with E-state index < -0.39 is 16.1 Å². The van der Waals surface area contributed by atoms with Crippen molar-refractivity contribution in [2.45, 2.75) is 42.8 Å². The summed E-state index contributed by atoms with van der Waals surface area (Å²) < 4.78 is 28.8. The van der Waals surface area contributed by atoms with Gasteiger partial charge in [-0.05, 0) is 49.6 Å². The fourth-order valence-electron chi connectivity index (χ4n) is 4.57. The highest BCUT2D eigenvalue weighted by molar-refractivity contribution is 7.89. The van der Waals surface area contributed by atoms with Crippen LogP contribution in [0.5, 0.6) is 0 Å². The zero-order valence-electron chi connectivity index (χ0n) is 17.1. The lowest BCUT2D eigenvalue weighted by atomic mass is 9.90. The molecular formula is C23H24N4O3S. The Kier molecular flexibility index (Phi) is 5.90. The van der Waals surface area contributed by atoms with Gasteiger partial charge in [0.2, 0.25) is 15.9 Å². The first-order valence-electron chi connectivity index (χ1n) is 10.3. The van der Waals surface area contributed by atoms with E-state index >= 15 is 0 Å². The van der Waals surface area contributed by atoms with Crippen molar-refractivity contribution >= 4 is 15.9 Å². The number of hydrogen-bond acceptors (Lipinski definition) is 5. The van der Waals surface area contributed by atoms with Gasteiger partial charge in [-0.15, -0.1) is 6.58 Å². The summed E-state index contributed by atoms with van der Waals surface area (Å²) in [6.07, 6.45) is 5.34. The predicted molar refractivity (Wildman–Crippen MR) is 115 cm³/mol. The summed E-state index contributed by atoms with van der Waals surface area (Å²) in [5, 5.41) is 9.20. The third-order valence-corrected chi connectivity index (χ3v) is 7.98. The van der Waals surface area contributed by atoms with Crippen molar-refractivity contribution in [1.82, 2.24) is 14.2 Å². The Morgan fingerprint density at radius 1 is 1.23 bits per heavy atom. The summed E-state index contributed by atoms with van der Waals surface area (Å²) in [6.45, 7) is 4.66. The lowest BCUT2D eigenvalue weighted by Gasteiger charge is -2.40. The molecule has 0 aliphatic carbocycles. The molecule has 2 aromatic rings. The minimum absolute atomic E-state index is 0.0391. The number of fused-ring (bicyclic) bond motifs is 2. The van der Waals surface area contributed by atoms with E-state index in [1.165, 1.54) is 16.4 Å². The van der Waals surface area contributed by atoms with Crippen molar-refractivity contribution in [2.24, 2.45) is 5.92 Å². The maximum Gasteiger partial charge on any atom is 0.244 e. The molecule has 1 aromatic carbocycles. The molecule has 2 unspecified atom stereocenters. The largest absolute Gasteiger partial charge is 0.335 e. The van der Waals surface area contributed by atoms with E-state index in [2.05, 4.69) is 11.6 Å². The van der Waals surface area contributed by atoms with E-state index in [4.69, 9.17) is 0 Å². The average molecular weight is 437 g/mol. The second-order valence-electron chi connectivity index (χ2n) is 7.93. The SMILES string of the molecule is C=C[C@H]1CN(Cc2ccccn2)C(=O)C2CCCC1N2S(=O)(=O)c1cccc(C#N)c1. The standard InChI is InChI=1S/C23H24N4O3S/c1-2-18-15-26(16-19-8-3-4-12-25-19)23(28)22-11-6-10-21(18)27(22)31(29,30)20-9-5-7-17(13-20)14-24/h2-5,7-9,12-13,18,21-22H,1,6,10-11,15-16H2/t18-,21?,22?/m0/s1. The maximum atomic E-state index is 13.7. The van der Waals surface area contributed by atoms with Crippen LogP contribution in [0.25, 0.3) is 0 Å². The highest BCUT2D eigenvalue weighted by Gasteiger charge is 2.49. The van der Waals surface area contributed by atoms with Gasteiger partial charge in [-0.3, -0.25) is 9.78 Å². The molecule has 2 saturated heterocycles. The van der Waals surface area contributed by atoms with Crippen LogP contribution < -0.4 is 0 Å². The summed E-state index contributed by atoms with van der Waals surface area (Å²) in [5.74, 6) is -0.411. The van der Waals surface area contributed by atoms with Gasteiger partial charge in [0.05, 0.1) is 28.8 Å². The molecule has 0 N–H and O–H groups in total. The van der Waals surface area contributed by atoms with Gasteiger partial charge < -0.3 is 4.90 Å². The first kappa shape index (κ1) is 21.2. The summed E-state index contributed by atoms with van der Waals surface area (Å²) in [6, 6.07) is 12.4. The lowest BCUT2D eigenvalue weighted by Crippen LogP contribution is -2.54. The molecule has 2 bridgehead atoms. The van der Waals surface area contributed by atoms with Crippen molar-refractivity contribution in [3.05, 3.63) is 72.6 Å². The molecule has 3 heterocycles. The first-order chi connectivity index (χ1) is 15.0. The molecule has 160 valence electrons. The Bertz CT molecular complexity index is 1130. The third kappa shape index (κ3) is 3.99. The summed E-state index contributed by atoms with van der Waals surface area (Å²) in [7, 11) is -3.98. The smallest absolute Gasteiger partial charge is 0.244 e. The van der Waals surface area contributed by atoms with E-state index in [-0.39, 0.29) is 28.3 Å². The predicted octanol–water partition coefficient (Wildman–Crippen LogP) is 2.71. The summed E-state index contributed by atoms with van der Waals surface area (Å²) >= 11 is 0. The molecular weight excluding hydrogens is 412 g/mol. The molecule has 8 heteroatoms. The van der Waals surface area contributed by atoms with Gasteiger partial charge in [0.25, 0.3) is 0 Å². The monoisotopic (exact) mass is 436 g/mol. The van der Waals surface area contributed by atoms with Gasteiger partial charge in [-0.25, -0.2) is 8.42 Å². The minimum atomic E-state index is -3.98. The normalized spacial score (nSPS) is 24.3. The van der Waals surface area contributed by atoms with Crippen molar-refractivity contribution in [3.63, 3.8) is 0 Å². The number of benzene rings is 1. The molecule has 0 spiro atoms. The van der Waals surface area contributed by atoms with E-state index in [9.17, 15) is 18.5 Å². The van der Waals surface area contributed by atoms with Crippen LogP contribution in [0, 0.1) is 17.2 Å². The number of pyridine rings is 1. The number of sulfonamides is 1. The Hall–Kier alpha value is -3.02. The maximum absolute atomic E-state index is 13.7. The van der Waals surface area contributed by atoms with Crippen LogP contribution in [0.2, 0.25) is 0 Å². The molecule has 1 amide bonds. The molecule has 7 nitrogen and oxygen atoms in total. The highest BCUT2D eigenvalue weighted by atomic mass is 32.2. The second-order valence-corrected chi connectivity index (χ2v) is 9.77. The van der Waals surface area contributed by atoms with Crippen LogP contribution in [0.15, 0.2) is 66.2 Å². The van der Waals surface area contributed by atoms with Crippen molar-refractivity contribution in [2.75, 3.05) is 6.54 Å². The summed E-state index contributed by atoms with van der Waals surface area (Å²) in [4.78, 5) is 19.6. The van der Waals surface area contributed by atoms with Crippen molar-refractivity contribution < 1.29 is 13.2 Å². The van der Waals surface area contributed by atoms with Crippen molar-refractivity contribution in [1.29, 1.82) is 5.26 Å². The molecule has 2 aliphatic heterocycles. The quantitative estimate of drug-likeness (QED) is 0.672. The topological polar surface area (TPSA) is 94.4 Å². The van der Waals surface area contributed by atoms with E-state index in [0.717, 1.165) is 12.1 Å². The van der Waals surface area contributed by atoms with E-state index in [0.29, 0.717) is 25.9 Å². The molecule has 3 atom stereocenters. The number of piperidine rings is 1. The van der Waals surface area contributed by atoms with Gasteiger partial charge in [0, 0.05) is 24.7 Å². The van der Waals surface area contributed by atoms with Gasteiger partial charge in [-0.1, -0.05) is 18.2 Å². The number of aromatic nitrogens is 1. The fourth-order valence-corrected chi connectivity index (χ4v) is 6.49. The van der Waals surface area contributed by atoms with Crippen molar-refractivity contribution in [3.8, 4) is 6.07 Å². The van der Waals surface area contributed by atoms with Crippen LogP contribution >= 0.6 is 0 Å². The van der Waals surface area contributed by atoms with Crippen LogP contribution in [0.3, 0.4) is 0 Å². The number of amides is 1. The van der Waals surface area contributed by atoms with Gasteiger partial charge in [-0.2, -0.15) is 9.57 Å². The summed E-state index contributed by atoms with van der Waals surface area (Å²) in [5.41, 5.74) is 1.02. The Morgan fingerprint density at radius 2 is 2.06 bits per heavy atom. The molecule has 4 rings (SSSR count). The fraction of sp³-hybridized carbons (Fsp3) is 0.348. The Morgan fingerprint density at radius 3 is 2.77 bits per heavy atom. The number of nitriles is 1. The van der Waals surface area contributed by atoms with Crippen LogP contribution in [-0.4, -0.2) is 47.1 Å². The molecule has 2 fully saturated rings. The van der Waals surface area contributed by atoms with Gasteiger partial charge in [0.15, 0.2) is 0 Å². The average Bonchev–Trinajstić information content (AvgIpc) is 2.87. The zero-order chi connectivity index (χ0) is 22.0. The molecule has 0 radical (unpaired) electrons. The highest BCUT2D eigenvalue weighted by Crippen LogP contribution is 2.37. The number of rotatable bonds is 5. The van der Waals surface area contributed by atoms with Crippen LogP contribution in [0.1, 0.15) is 30.5 Å². The second kappa shape index (κ2) is 8.61. The van der Waals surface area contributed by atoms with Crippen LogP contribution in [-0.2, 0) is 21.4 Å². The number of carbonyl (C=O) groups excluding carboxylic acids is 1. The van der Waals surface area contributed by atoms with Gasteiger partial charge >= 0.3 is 0 Å². The van der Waals surface area contributed by atoms with E-state index in [1.54, 1.807) is 29.3 Å². The zero-order valence-corrected chi connectivity index (χ0v) is 17.9. The molecule has 31 heavy (non-hydrogen) atoms. The molecule has 1 aromatic heterocycles.